The normalized spacial score (nSPS) is 15.2. The van der Waals surface area contributed by atoms with E-state index in [-0.39, 0.29) is 11.3 Å². The lowest BCUT2D eigenvalue weighted by Gasteiger charge is -2.14. The molecular formula is C13H15ClN2O4. The second-order valence-corrected chi connectivity index (χ2v) is 4.95. The molecule has 1 aliphatic heterocycles. The second-order valence-electron chi connectivity index (χ2n) is 4.61. The van der Waals surface area contributed by atoms with E-state index in [2.05, 4.69) is 4.90 Å². The highest BCUT2D eigenvalue weighted by Gasteiger charge is 2.20. The maximum atomic E-state index is 11.1. The van der Waals surface area contributed by atoms with E-state index in [4.69, 9.17) is 16.3 Å². The van der Waals surface area contributed by atoms with Gasteiger partial charge in [-0.25, -0.2) is 0 Å². The highest BCUT2D eigenvalue weighted by atomic mass is 35.5. The monoisotopic (exact) mass is 298 g/mol. The van der Waals surface area contributed by atoms with E-state index in [0.29, 0.717) is 12.4 Å². The van der Waals surface area contributed by atoms with Gasteiger partial charge in [0.15, 0.2) is 0 Å². The standard InChI is InChI=1S/C13H15ClN2O4/c14-13(17)11-4-3-10(9-12(11)16(18)19)20-8-7-15-5-1-2-6-15/h3-4,9H,1-2,5-8H2. The lowest BCUT2D eigenvalue weighted by Crippen LogP contribution is -2.25. The van der Waals surface area contributed by atoms with Crippen LogP contribution in [0.2, 0.25) is 0 Å². The lowest BCUT2D eigenvalue weighted by molar-refractivity contribution is -0.385. The topological polar surface area (TPSA) is 72.7 Å². The number of nitro groups is 1. The SMILES string of the molecule is O=C(Cl)c1ccc(OCCN2CCCC2)cc1[N+](=O)[O-]. The van der Waals surface area contributed by atoms with E-state index in [1.807, 2.05) is 0 Å². The van der Waals surface area contributed by atoms with Gasteiger partial charge in [-0.2, -0.15) is 0 Å². The summed E-state index contributed by atoms with van der Waals surface area (Å²) in [6.45, 7) is 3.40. The third kappa shape index (κ3) is 3.68. The Bertz CT molecular complexity index is 515. The fraction of sp³-hybridized carbons (Fsp3) is 0.462. The molecule has 6 nitrogen and oxygen atoms in total. The fourth-order valence-corrected chi connectivity index (χ4v) is 2.38. The molecular weight excluding hydrogens is 284 g/mol. The smallest absolute Gasteiger partial charge is 0.285 e. The van der Waals surface area contributed by atoms with Gasteiger partial charge in [0.1, 0.15) is 17.9 Å². The molecule has 0 aromatic heterocycles. The fourth-order valence-electron chi connectivity index (χ4n) is 2.22. The minimum absolute atomic E-state index is 0.122. The van der Waals surface area contributed by atoms with Crippen LogP contribution in [0.5, 0.6) is 5.75 Å². The lowest BCUT2D eigenvalue weighted by atomic mass is 10.2. The van der Waals surface area contributed by atoms with Crippen molar-refractivity contribution < 1.29 is 14.5 Å². The number of hydrogen-bond donors (Lipinski definition) is 0. The highest BCUT2D eigenvalue weighted by Crippen LogP contribution is 2.26. The first-order valence-corrected chi connectivity index (χ1v) is 6.79. The van der Waals surface area contributed by atoms with Gasteiger partial charge in [0, 0.05) is 6.54 Å². The largest absolute Gasteiger partial charge is 0.492 e. The maximum absolute atomic E-state index is 11.1. The summed E-state index contributed by atoms with van der Waals surface area (Å²) in [4.78, 5) is 23.6. The number of benzene rings is 1. The summed E-state index contributed by atoms with van der Waals surface area (Å²) in [7, 11) is 0. The average Bonchev–Trinajstić information content (AvgIpc) is 2.91. The van der Waals surface area contributed by atoms with Crippen LogP contribution < -0.4 is 4.74 Å². The van der Waals surface area contributed by atoms with Crippen molar-refractivity contribution in [3.63, 3.8) is 0 Å². The van der Waals surface area contributed by atoms with Crippen LogP contribution in [0.1, 0.15) is 23.2 Å². The molecule has 1 aromatic rings. The second kappa shape index (κ2) is 6.67. The predicted octanol–water partition coefficient (Wildman–Crippen LogP) is 2.45. The molecule has 2 rings (SSSR count). The summed E-state index contributed by atoms with van der Waals surface area (Å²) in [5.74, 6) is 0.373. The van der Waals surface area contributed by atoms with Crippen molar-refractivity contribution in [1.29, 1.82) is 0 Å². The number of rotatable bonds is 6. The average molecular weight is 299 g/mol. The van der Waals surface area contributed by atoms with Crippen LogP contribution >= 0.6 is 11.6 Å². The van der Waals surface area contributed by atoms with Gasteiger partial charge in [0.25, 0.3) is 10.9 Å². The Kier molecular flexibility index (Phi) is 4.92. The zero-order valence-electron chi connectivity index (χ0n) is 10.9. The molecule has 0 amide bonds. The molecule has 1 saturated heterocycles. The number of halogens is 1. The molecule has 108 valence electrons. The van der Waals surface area contributed by atoms with Crippen LogP contribution in [0.25, 0.3) is 0 Å². The summed E-state index contributed by atoms with van der Waals surface area (Å²) in [5, 5.41) is 10.0. The van der Waals surface area contributed by atoms with Gasteiger partial charge in [-0.1, -0.05) is 0 Å². The van der Waals surface area contributed by atoms with Gasteiger partial charge in [-0.15, -0.1) is 0 Å². The molecule has 1 heterocycles. The van der Waals surface area contributed by atoms with Crippen molar-refractivity contribution in [1.82, 2.24) is 4.90 Å². The molecule has 20 heavy (non-hydrogen) atoms. The third-order valence-electron chi connectivity index (χ3n) is 3.25. The Morgan fingerprint density at radius 2 is 2.10 bits per heavy atom. The summed E-state index contributed by atoms with van der Waals surface area (Å²) < 4.78 is 5.49. The van der Waals surface area contributed by atoms with Gasteiger partial charge in [-0.3, -0.25) is 19.8 Å². The van der Waals surface area contributed by atoms with Crippen LogP contribution in [-0.4, -0.2) is 41.3 Å². The number of nitro benzene ring substituents is 1. The van der Waals surface area contributed by atoms with E-state index in [1.54, 1.807) is 0 Å². The zero-order valence-corrected chi connectivity index (χ0v) is 11.6. The van der Waals surface area contributed by atoms with E-state index < -0.39 is 10.2 Å². The van der Waals surface area contributed by atoms with Crippen molar-refractivity contribution in [3.8, 4) is 5.75 Å². The van der Waals surface area contributed by atoms with Gasteiger partial charge >= 0.3 is 0 Å². The molecule has 1 aliphatic rings. The predicted molar refractivity (Wildman–Crippen MR) is 74.4 cm³/mol. The maximum Gasteiger partial charge on any atom is 0.285 e. The first-order chi connectivity index (χ1) is 9.58. The molecule has 0 spiro atoms. The quantitative estimate of drug-likeness (QED) is 0.458. The van der Waals surface area contributed by atoms with Crippen LogP contribution in [0, 0.1) is 10.1 Å². The molecule has 0 radical (unpaired) electrons. The van der Waals surface area contributed by atoms with Gasteiger partial charge in [0.2, 0.25) is 0 Å². The van der Waals surface area contributed by atoms with E-state index in [0.717, 1.165) is 19.6 Å². The first kappa shape index (κ1) is 14.7. The molecule has 7 heteroatoms. The van der Waals surface area contributed by atoms with Gasteiger partial charge < -0.3 is 4.74 Å². The number of hydrogen-bond acceptors (Lipinski definition) is 5. The van der Waals surface area contributed by atoms with Crippen LogP contribution in [0.15, 0.2) is 18.2 Å². The Balaban J connectivity index is 1.99. The van der Waals surface area contributed by atoms with Crippen molar-refractivity contribution >= 4 is 22.5 Å². The number of carbonyl (C=O) groups is 1. The number of ether oxygens (including phenoxy) is 1. The van der Waals surface area contributed by atoms with E-state index in [1.165, 1.54) is 31.0 Å². The van der Waals surface area contributed by atoms with Gasteiger partial charge in [0.05, 0.1) is 11.0 Å². The van der Waals surface area contributed by atoms with Crippen LogP contribution in [0.4, 0.5) is 5.69 Å². The van der Waals surface area contributed by atoms with Crippen molar-refractivity contribution in [2.75, 3.05) is 26.2 Å². The molecule has 1 fully saturated rings. The Morgan fingerprint density at radius 3 is 2.70 bits per heavy atom. The van der Waals surface area contributed by atoms with E-state index >= 15 is 0 Å². The molecule has 0 bridgehead atoms. The van der Waals surface area contributed by atoms with Crippen molar-refractivity contribution in [3.05, 3.63) is 33.9 Å². The van der Waals surface area contributed by atoms with E-state index in [9.17, 15) is 14.9 Å². The molecule has 0 atom stereocenters. The Labute approximate surface area is 121 Å². The highest BCUT2D eigenvalue weighted by molar-refractivity contribution is 6.68. The minimum Gasteiger partial charge on any atom is -0.492 e. The first-order valence-electron chi connectivity index (χ1n) is 6.41. The third-order valence-corrected chi connectivity index (χ3v) is 3.46. The van der Waals surface area contributed by atoms with Crippen molar-refractivity contribution in [2.45, 2.75) is 12.8 Å². The minimum atomic E-state index is -0.847. The summed E-state index contributed by atoms with van der Waals surface area (Å²) in [5.41, 5.74) is -0.452. The van der Waals surface area contributed by atoms with Crippen molar-refractivity contribution in [2.24, 2.45) is 0 Å². The molecule has 0 N–H and O–H groups in total. The Hall–Kier alpha value is -1.66. The number of nitrogens with zero attached hydrogens (tertiary/aromatic N) is 2. The molecule has 0 aliphatic carbocycles. The molecule has 0 saturated carbocycles. The van der Waals surface area contributed by atoms with Gasteiger partial charge in [-0.05, 0) is 49.7 Å². The zero-order chi connectivity index (χ0) is 14.5. The van der Waals surface area contributed by atoms with Crippen LogP contribution in [0.3, 0.4) is 0 Å². The number of carbonyl (C=O) groups excluding carboxylic acids is 1. The Morgan fingerprint density at radius 1 is 1.40 bits per heavy atom. The molecule has 0 unspecified atom stereocenters. The van der Waals surface area contributed by atoms with Crippen LogP contribution in [-0.2, 0) is 0 Å². The number of likely N-dealkylation sites (tertiary alicyclic amines) is 1. The summed E-state index contributed by atoms with van der Waals surface area (Å²) in [6.07, 6.45) is 2.41. The summed E-state index contributed by atoms with van der Waals surface area (Å²) in [6, 6.07) is 4.07. The summed E-state index contributed by atoms with van der Waals surface area (Å²) >= 11 is 5.30. The molecule has 1 aromatic carbocycles.